The zero-order chi connectivity index (χ0) is 24.5. The highest BCUT2D eigenvalue weighted by Crippen LogP contribution is 2.47. The van der Waals surface area contributed by atoms with Gasteiger partial charge in [0.1, 0.15) is 6.61 Å². The fourth-order valence-corrected chi connectivity index (χ4v) is 4.76. The first-order chi connectivity index (χ1) is 16.4. The standard InChI is InChI=1S/C22H21N3O5.C4H10.H2/c1-2-22(30-18(26)9-23)15-8-17-19-13(7-12-5-3-4-6-16(12)24-19)10-25(17)20(27)14(15)11-29-21(22)28;1-3-4-2;/h3-8,14-15H,2,9-11,23H2,1H3;3-4H2,1-2H3;1H/t14?,15?,22-;;/m0../s1. The molecule has 1 aromatic heterocycles. The van der Waals surface area contributed by atoms with E-state index >= 15 is 0 Å². The van der Waals surface area contributed by atoms with Crippen molar-refractivity contribution in [1.29, 1.82) is 0 Å². The van der Waals surface area contributed by atoms with Crippen molar-refractivity contribution in [3.63, 3.8) is 0 Å². The van der Waals surface area contributed by atoms with Crippen molar-refractivity contribution in [1.82, 2.24) is 9.88 Å². The van der Waals surface area contributed by atoms with Gasteiger partial charge < -0.3 is 20.1 Å². The smallest absolute Gasteiger partial charge is 0.351 e. The maximum atomic E-state index is 13.4. The van der Waals surface area contributed by atoms with E-state index in [1.54, 1.807) is 11.8 Å². The van der Waals surface area contributed by atoms with Crippen molar-refractivity contribution in [2.75, 3.05) is 13.2 Å². The summed E-state index contributed by atoms with van der Waals surface area (Å²) in [5, 5.41) is 1.000. The molecule has 2 N–H and O–H groups in total. The van der Waals surface area contributed by atoms with Gasteiger partial charge in [-0.15, -0.1) is 0 Å². The van der Waals surface area contributed by atoms with Crippen LogP contribution >= 0.6 is 0 Å². The van der Waals surface area contributed by atoms with Gasteiger partial charge in [-0.25, -0.2) is 9.78 Å². The number of benzene rings is 1. The van der Waals surface area contributed by atoms with Crippen LogP contribution in [-0.4, -0.2) is 46.5 Å². The fourth-order valence-electron chi connectivity index (χ4n) is 4.76. The highest BCUT2D eigenvalue weighted by molar-refractivity contribution is 5.97. The van der Waals surface area contributed by atoms with Crippen molar-refractivity contribution < 1.29 is 25.3 Å². The number of ether oxygens (including phenoxy) is 2. The number of nitrogens with two attached hydrogens (primary N) is 1. The number of para-hydroxylation sites is 1. The first-order valence-electron chi connectivity index (χ1n) is 11.9. The van der Waals surface area contributed by atoms with E-state index in [1.807, 2.05) is 36.4 Å². The molecule has 3 atom stereocenters. The lowest BCUT2D eigenvalue weighted by molar-refractivity contribution is -0.204. The lowest BCUT2D eigenvalue weighted by atomic mass is 9.72. The molecule has 3 aliphatic heterocycles. The summed E-state index contributed by atoms with van der Waals surface area (Å²) in [7, 11) is 0. The summed E-state index contributed by atoms with van der Waals surface area (Å²) in [5.74, 6) is -2.78. The van der Waals surface area contributed by atoms with Gasteiger partial charge in [0, 0.05) is 18.3 Å². The van der Waals surface area contributed by atoms with Gasteiger partial charge in [0.2, 0.25) is 11.5 Å². The second-order valence-corrected chi connectivity index (χ2v) is 8.82. The SMILES string of the molecule is CCCC.CC[C@@]1(OC(=O)CN)C(=O)OCC2C(=O)N3Cc4cc5ccccc5nc4C3=CC21.[HH]. The number of nitrogens with zero attached hydrogens (tertiary/aromatic N) is 2. The molecule has 0 saturated carbocycles. The van der Waals surface area contributed by atoms with Gasteiger partial charge in [0.15, 0.2) is 0 Å². The van der Waals surface area contributed by atoms with Crippen molar-refractivity contribution in [3.8, 4) is 0 Å². The molecule has 5 rings (SSSR count). The number of rotatable bonds is 4. The van der Waals surface area contributed by atoms with Crippen molar-refractivity contribution in [3.05, 3.63) is 47.7 Å². The zero-order valence-electron chi connectivity index (χ0n) is 19.9. The molecule has 0 aliphatic carbocycles. The highest BCUT2D eigenvalue weighted by atomic mass is 16.6. The van der Waals surface area contributed by atoms with Gasteiger partial charge in [-0.05, 0) is 24.6 Å². The summed E-state index contributed by atoms with van der Waals surface area (Å²) in [6.07, 6.45) is 4.67. The predicted molar refractivity (Wildman–Crippen MR) is 129 cm³/mol. The number of amides is 1. The third kappa shape index (κ3) is 3.86. The molecule has 1 saturated heterocycles. The average Bonchev–Trinajstić information content (AvgIpc) is 3.22. The summed E-state index contributed by atoms with van der Waals surface area (Å²) in [4.78, 5) is 44.6. The number of cyclic esters (lactones) is 1. The first kappa shape index (κ1) is 23.9. The third-order valence-electron chi connectivity index (χ3n) is 6.78. The fraction of sp³-hybridized carbons (Fsp3) is 0.462. The Morgan fingerprint density at radius 2 is 2.00 bits per heavy atom. The summed E-state index contributed by atoms with van der Waals surface area (Å²) < 4.78 is 10.8. The van der Waals surface area contributed by atoms with Gasteiger partial charge in [0.05, 0.1) is 35.9 Å². The molecule has 34 heavy (non-hydrogen) atoms. The van der Waals surface area contributed by atoms with E-state index in [1.165, 1.54) is 12.8 Å². The quantitative estimate of drug-likeness (QED) is 0.686. The molecule has 3 aliphatic rings. The molecular weight excluding hydrogens is 434 g/mol. The number of esters is 2. The Bertz CT molecular complexity index is 1160. The number of aromatic nitrogens is 1. The summed E-state index contributed by atoms with van der Waals surface area (Å²) in [6.45, 7) is 6.10. The molecule has 2 aromatic rings. The minimum Gasteiger partial charge on any atom is -0.462 e. The van der Waals surface area contributed by atoms with Gasteiger partial charge in [-0.1, -0.05) is 51.8 Å². The van der Waals surface area contributed by atoms with Crippen LogP contribution in [0.2, 0.25) is 0 Å². The molecule has 182 valence electrons. The van der Waals surface area contributed by atoms with Crippen LogP contribution in [0.1, 0.15) is 52.7 Å². The Hall–Kier alpha value is -3.26. The van der Waals surface area contributed by atoms with Crippen molar-refractivity contribution >= 4 is 34.4 Å². The number of carbonyl (C=O) groups is 3. The Kier molecular flexibility index (Phi) is 6.70. The Labute approximate surface area is 200 Å². The lowest BCUT2D eigenvalue weighted by Gasteiger charge is -2.46. The van der Waals surface area contributed by atoms with Gasteiger partial charge in [-0.2, -0.15) is 0 Å². The van der Waals surface area contributed by atoms with E-state index in [4.69, 9.17) is 20.2 Å². The normalized spacial score (nSPS) is 24.8. The molecule has 0 bridgehead atoms. The van der Waals surface area contributed by atoms with E-state index in [0.29, 0.717) is 12.2 Å². The number of pyridine rings is 1. The van der Waals surface area contributed by atoms with Crippen molar-refractivity contribution in [2.24, 2.45) is 17.6 Å². The van der Waals surface area contributed by atoms with Crippen LogP contribution in [0, 0.1) is 11.8 Å². The molecular formula is C26H33N3O5. The molecule has 8 nitrogen and oxygen atoms in total. The van der Waals surface area contributed by atoms with Crippen LogP contribution in [0.15, 0.2) is 36.4 Å². The van der Waals surface area contributed by atoms with Crippen LogP contribution in [0.25, 0.3) is 16.6 Å². The summed E-state index contributed by atoms with van der Waals surface area (Å²) >= 11 is 0. The van der Waals surface area contributed by atoms with E-state index in [2.05, 4.69) is 13.8 Å². The molecule has 1 fully saturated rings. The Balaban J connectivity index is 0.000000638. The number of unbranched alkanes of at least 4 members (excludes halogenated alkanes) is 1. The maximum absolute atomic E-state index is 13.4. The molecule has 2 unspecified atom stereocenters. The Morgan fingerprint density at radius 1 is 1.26 bits per heavy atom. The number of fused-ring (bicyclic) bond motifs is 5. The highest BCUT2D eigenvalue weighted by Gasteiger charge is 2.59. The van der Waals surface area contributed by atoms with E-state index in [-0.39, 0.29) is 26.9 Å². The molecule has 1 aromatic carbocycles. The lowest BCUT2D eigenvalue weighted by Crippen LogP contribution is -2.61. The van der Waals surface area contributed by atoms with Crippen molar-refractivity contribution in [2.45, 2.75) is 52.2 Å². The van der Waals surface area contributed by atoms with E-state index < -0.39 is 29.4 Å². The first-order valence-corrected chi connectivity index (χ1v) is 11.9. The molecule has 4 heterocycles. The second-order valence-electron chi connectivity index (χ2n) is 8.82. The van der Waals surface area contributed by atoms with Crippen LogP contribution in [0.5, 0.6) is 0 Å². The molecule has 0 radical (unpaired) electrons. The maximum Gasteiger partial charge on any atom is 0.351 e. The monoisotopic (exact) mass is 467 g/mol. The molecule has 1 amide bonds. The van der Waals surface area contributed by atoms with Crippen LogP contribution in [0.3, 0.4) is 0 Å². The minimum absolute atomic E-state index is 0. The topological polar surface area (TPSA) is 112 Å². The summed E-state index contributed by atoms with van der Waals surface area (Å²) in [5.41, 5.74) is 6.98. The molecule has 8 heteroatoms. The average molecular weight is 468 g/mol. The zero-order valence-corrected chi connectivity index (χ0v) is 19.9. The predicted octanol–water partition coefficient (Wildman–Crippen LogP) is 3.42. The van der Waals surface area contributed by atoms with Gasteiger partial charge in [0.25, 0.3) is 0 Å². The van der Waals surface area contributed by atoms with E-state index in [0.717, 1.165) is 22.2 Å². The van der Waals surface area contributed by atoms with Crippen LogP contribution < -0.4 is 5.73 Å². The summed E-state index contributed by atoms with van der Waals surface area (Å²) in [6, 6.07) is 9.80. The largest absolute Gasteiger partial charge is 0.462 e. The van der Waals surface area contributed by atoms with Crippen LogP contribution in [0.4, 0.5) is 0 Å². The van der Waals surface area contributed by atoms with Gasteiger partial charge in [-0.3, -0.25) is 9.59 Å². The van der Waals surface area contributed by atoms with Gasteiger partial charge >= 0.3 is 11.9 Å². The number of hydrogen-bond acceptors (Lipinski definition) is 7. The Morgan fingerprint density at radius 3 is 2.68 bits per heavy atom. The number of carbonyl (C=O) groups excluding carboxylic acids is 3. The molecule has 0 spiro atoms. The number of hydrogen-bond donors (Lipinski definition) is 1. The van der Waals surface area contributed by atoms with Crippen LogP contribution in [-0.2, 0) is 30.4 Å². The second kappa shape index (κ2) is 9.54. The minimum atomic E-state index is -1.58. The van der Waals surface area contributed by atoms with E-state index in [9.17, 15) is 14.4 Å². The third-order valence-corrected chi connectivity index (χ3v) is 6.78.